The van der Waals surface area contributed by atoms with Gasteiger partial charge in [0.05, 0.1) is 19.6 Å². The van der Waals surface area contributed by atoms with Gasteiger partial charge in [0, 0.05) is 12.6 Å². The van der Waals surface area contributed by atoms with Crippen LogP contribution in [0.5, 0.6) is 0 Å². The fourth-order valence-corrected chi connectivity index (χ4v) is 1.19. The third kappa shape index (κ3) is 4.78. The zero-order valence-corrected chi connectivity index (χ0v) is 9.21. The second-order valence-corrected chi connectivity index (χ2v) is 3.90. The van der Waals surface area contributed by atoms with Crippen molar-refractivity contribution in [2.75, 3.05) is 20.2 Å². The summed E-state index contributed by atoms with van der Waals surface area (Å²) in [6, 6.07) is 0.386. The maximum absolute atomic E-state index is 11.2. The Morgan fingerprint density at radius 1 is 1.47 bits per heavy atom. The number of rotatable bonds is 6. The molecule has 0 aliphatic heterocycles. The minimum atomic E-state index is -0.259. The number of methoxy groups -OCH3 is 1. The first-order chi connectivity index (χ1) is 7.13. The van der Waals surface area contributed by atoms with Crippen molar-refractivity contribution in [3.63, 3.8) is 0 Å². The maximum atomic E-state index is 11.2. The lowest BCUT2D eigenvalue weighted by atomic mass is 10.2. The molecule has 1 aliphatic carbocycles. The lowest BCUT2D eigenvalue weighted by molar-refractivity contribution is -0.144. The molecule has 1 aliphatic rings. The average Bonchev–Trinajstić information content (AvgIpc) is 3.00. The van der Waals surface area contributed by atoms with Gasteiger partial charge in [-0.05, 0) is 12.8 Å². The number of ether oxygens (including phenoxy) is 1. The molecule has 1 fully saturated rings. The lowest BCUT2D eigenvalue weighted by Gasteiger charge is -2.10. The topological polar surface area (TPSA) is 67.4 Å². The minimum Gasteiger partial charge on any atom is -0.469 e. The summed E-state index contributed by atoms with van der Waals surface area (Å²) < 4.78 is 4.56. The van der Waals surface area contributed by atoms with E-state index in [4.69, 9.17) is 0 Å². The Kier molecular flexibility index (Phi) is 4.55. The standard InChI is InChI=1S/C10H18N2O3/c1-7(10(14)15-2)5-11-6-9(13)12-8-3-4-8/h7-8,11H,3-6H2,1-2H3,(H,12,13). The van der Waals surface area contributed by atoms with Gasteiger partial charge in [-0.2, -0.15) is 0 Å². The zero-order valence-electron chi connectivity index (χ0n) is 9.21. The highest BCUT2D eigenvalue weighted by atomic mass is 16.5. The second kappa shape index (κ2) is 5.70. The molecule has 1 atom stereocenters. The fraction of sp³-hybridized carbons (Fsp3) is 0.800. The summed E-state index contributed by atoms with van der Waals surface area (Å²) in [4.78, 5) is 22.2. The number of nitrogens with one attached hydrogen (secondary N) is 2. The Bertz CT molecular complexity index is 239. The van der Waals surface area contributed by atoms with Crippen molar-refractivity contribution in [1.82, 2.24) is 10.6 Å². The molecule has 1 rings (SSSR count). The van der Waals surface area contributed by atoms with Gasteiger partial charge in [0.2, 0.25) is 5.91 Å². The molecule has 1 saturated carbocycles. The molecule has 0 aromatic rings. The number of carbonyl (C=O) groups excluding carboxylic acids is 2. The van der Waals surface area contributed by atoms with E-state index >= 15 is 0 Å². The highest BCUT2D eigenvalue weighted by Gasteiger charge is 2.23. The van der Waals surface area contributed by atoms with Crippen molar-refractivity contribution < 1.29 is 14.3 Å². The van der Waals surface area contributed by atoms with E-state index in [1.54, 1.807) is 6.92 Å². The zero-order chi connectivity index (χ0) is 11.3. The predicted octanol–water partition coefficient (Wildman–Crippen LogP) is -0.336. The summed E-state index contributed by atoms with van der Waals surface area (Å²) >= 11 is 0. The van der Waals surface area contributed by atoms with Crippen LogP contribution in [0.2, 0.25) is 0 Å². The normalized spacial score (nSPS) is 16.9. The van der Waals surface area contributed by atoms with Crippen LogP contribution in [0, 0.1) is 5.92 Å². The number of hydrogen-bond donors (Lipinski definition) is 2. The van der Waals surface area contributed by atoms with E-state index in [-0.39, 0.29) is 24.3 Å². The third-order valence-electron chi connectivity index (χ3n) is 2.28. The molecule has 0 saturated heterocycles. The molecule has 0 radical (unpaired) electrons. The second-order valence-electron chi connectivity index (χ2n) is 3.90. The Balaban J connectivity index is 2.03. The number of amides is 1. The Hall–Kier alpha value is -1.10. The number of esters is 1. The van der Waals surface area contributed by atoms with Crippen LogP contribution in [0.1, 0.15) is 19.8 Å². The van der Waals surface area contributed by atoms with Gasteiger partial charge in [0.1, 0.15) is 0 Å². The number of carbonyl (C=O) groups is 2. The van der Waals surface area contributed by atoms with E-state index in [2.05, 4.69) is 15.4 Å². The van der Waals surface area contributed by atoms with Crippen molar-refractivity contribution >= 4 is 11.9 Å². The van der Waals surface area contributed by atoms with Gasteiger partial charge < -0.3 is 15.4 Å². The van der Waals surface area contributed by atoms with Crippen LogP contribution in [0.3, 0.4) is 0 Å². The van der Waals surface area contributed by atoms with Gasteiger partial charge in [-0.15, -0.1) is 0 Å². The highest BCUT2D eigenvalue weighted by Crippen LogP contribution is 2.18. The van der Waals surface area contributed by atoms with Crippen LogP contribution in [0.25, 0.3) is 0 Å². The maximum Gasteiger partial charge on any atom is 0.309 e. The Labute approximate surface area is 89.6 Å². The number of hydrogen-bond acceptors (Lipinski definition) is 4. The van der Waals surface area contributed by atoms with Crippen molar-refractivity contribution in [3.8, 4) is 0 Å². The van der Waals surface area contributed by atoms with Crippen LogP contribution >= 0.6 is 0 Å². The van der Waals surface area contributed by atoms with Gasteiger partial charge in [0.25, 0.3) is 0 Å². The quantitative estimate of drug-likeness (QED) is 0.594. The molecule has 1 unspecified atom stereocenters. The van der Waals surface area contributed by atoms with E-state index < -0.39 is 0 Å². The van der Waals surface area contributed by atoms with E-state index in [1.165, 1.54) is 7.11 Å². The molecule has 5 heteroatoms. The molecule has 0 heterocycles. The fourth-order valence-electron chi connectivity index (χ4n) is 1.19. The molecule has 0 aromatic heterocycles. The molecule has 5 nitrogen and oxygen atoms in total. The van der Waals surface area contributed by atoms with E-state index in [1.807, 2.05) is 0 Å². The van der Waals surface area contributed by atoms with Crippen LogP contribution in [0.15, 0.2) is 0 Å². The SMILES string of the molecule is COC(=O)C(C)CNCC(=O)NC1CC1. The van der Waals surface area contributed by atoms with E-state index in [0.29, 0.717) is 12.6 Å². The van der Waals surface area contributed by atoms with Gasteiger partial charge in [-0.25, -0.2) is 0 Å². The lowest BCUT2D eigenvalue weighted by Crippen LogP contribution is -2.37. The summed E-state index contributed by atoms with van der Waals surface area (Å²) in [6.45, 7) is 2.49. The first kappa shape index (κ1) is 12.0. The van der Waals surface area contributed by atoms with Crippen molar-refractivity contribution in [2.45, 2.75) is 25.8 Å². The molecule has 0 aromatic carbocycles. The van der Waals surface area contributed by atoms with E-state index in [9.17, 15) is 9.59 Å². The van der Waals surface area contributed by atoms with Crippen molar-refractivity contribution in [2.24, 2.45) is 5.92 Å². The highest BCUT2D eigenvalue weighted by molar-refractivity contribution is 5.78. The minimum absolute atomic E-state index is 0.00503. The van der Waals surface area contributed by atoms with Gasteiger partial charge in [-0.1, -0.05) is 6.92 Å². The largest absolute Gasteiger partial charge is 0.469 e. The Morgan fingerprint density at radius 2 is 2.13 bits per heavy atom. The molecular weight excluding hydrogens is 196 g/mol. The van der Waals surface area contributed by atoms with E-state index in [0.717, 1.165) is 12.8 Å². The van der Waals surface area contributed by atoms with Crippen LogP contribution in [-0.2, 0) is 14.3 Å². The summed E-state index contributed by atoms with van der Waals surface area (Å²) in [6.07, 6.45) is 2.18. The molecule has 2 N–H and O–H groups in total. The summed E-state index contributed by atoms with van der Waals surface area (Å²) in [7, 11) is 1.36. The van der Waals surface area contributed by atoms with Gasteiger partial charge in [-0.3, -0.25) is 9.59 Å². The molecule has 15 heavy (non-hydrogen) atoms. The molecule has 0 bridgehead atoms. The Morgan fingerprint density at radius 3 is 2.67 bits per heavy atom. The summed E-state index contributed by atoms with van der Waals surface area (Å²) in [5, 5.41) is 5.77. The van der Waals surface area contributed by atoms with Crippen molar-refractivity contribution in [1.29, 1.82) is 0 Å². The van der Waals surface area contributed by atoms with Crippen LogP contribution in [-0.4, -0.2) is 38.1 Å². The predicted molar refractivity (Wildman–Crippen MR) is 55.2 cm³/mol. The summed E-state index contributed by atoms with van der Waals surface area (Å²) in [5.74, 6) is -0.483. The average molecular weight is 214 g/mol. The third-order valence-corrected chi connectivity index (χ3v) is 2.28. The van der Waals surface area contributed by atoms with Gasteiger partial charge >= 0.3 is 5.97 Å². The first-order valence-electron chi connectivity index (χ1n) is 5.21. The molecular formula is C10H18N2O3. The molecule has 86 valence electrons. The first-order valence-corrected chi connectivity index (χ1v) is 5.21. The molecule has 0 spiro atoms. The van der Waals surface area contributed by atoms with Gasteiger partial charge in [0.15, 0.2) is 0 Å². The summed E-state index contributed by atoms with van der Waals surface area (Å²) in [5.41, 5.74) is 0. The molecule has 1 amide bonds. The van der Waals surface area contributed by atoms with Crippen LogP contribution < -0.4 is 10.6 Å². The monoisotopic (exact) mass is 214 g/mol. The van der Waals surface area contributed by atoms with Crippen LogP contribution in [0.4, 0.5) is 0 Å². The van der Waals surface area contributed by atoms with Crippen molar-refractivity contribution in [3.05, 3.63) is 0 Å². The smallest absolute Gasteiger partial charge is 0.309 e.